The second-order valence-electron chi connectivity index (χ2n) is 3.09. The molecule has 14 heavy (non-hydrogen) atoms. The highest BCUT2D eigenvalue weighted by Crippen LogP contribution is 1.96. The lowest BCUT2D eigenvalue weighted by Crippen LogP contribution is -2.30. The molecule has 0 fully saturated rings. The van der Waals surface area contributed by atoms with Gasteiger partial charge in [-0.05, 0) is 18.6 Å². The number of hydrogen-bond acceptors (Lipinski definition) is 3. The first-order valence-corrected chi connectivity index (χ1v) is 4.74. The van der Waals surface area contributed by atoms with Gasteiger partial charge < -0.3 is 10.1 Å². The minimum absolute atomic E-state index is 0.102. The second kappa shape index (κ2) is 6.27. The zero-order chi connectivity index (χ0) is 10.2. The van der Waals surface area contributed by atoms with Crippen molar-refractivity contribution in [1.82, 2.24) is 10.3 Å². The Bertz CT molecular complexity index is 261. The van der Waals surface area contributed by atoms with Gasteiger partial charge >= 0.3 is 0 Å². The molecular formula is C11H15N2O. The van der Waals surface area contributed by atoms with Crippen LogP contribution in [-0.2, 0) is 11.3 Å². The minimum atomic E-state index is -0.102. The first kappa shape index (κ1) is 10.9. The van der Waals surface area contributed by atoms with Crippen LogP contribution >= 0.6 is 0 Å². The zero-order valence-corrected chi connectivity index (χ0v) is 8.15. The molecule has 0 saturated heterocycles. The smallest absolute Gasteiger partial charge is 0.136 e. The van der Waals surface area contributed by atoms with E-state index in [1.807, 2.05) is 18.2 Å². The summed E-state index contributed by atoms with van der Waals surface area (Å²) >= 11 is 0. The molecule has 1 aromatic heterocycles. The molecule has 1 rings (SSSR count). The third kappa shape index (κ3) is 3.66. The summed E-state index contributed by atoms with van der Waals surface area (Å²) in [5.74, 6) is 0. The molecular weight excluding hydrogens is 176 g/mol. The molecule has 0 aliphatic carbocycles. The molecule has 0 bridgehead atoms. The lowest BCUT2D eigenvalue weighted by Gasteiger charge is -2.10. The standard InChI is InChI=1S/C11H15N2O/c1-2-5-11(9-14)13-8-10-6-3-4-7-12-10/h3-4,6-7,9,11,13H,1-2,5,8H2. The molecule has 75 valence electrons. The van der Waals surface area contributed by atoms with Crippen molar-refractivity contribution in [2.45, 2.75) is 25.4 Å². The van der Waals surface area contributed by atoms with Crippen LogP contribution in [-0.4, -0.2) is 17.3 Å². The number of nitrogens with one attached hydrogen (secondary N) is 1. The average Bonchev–Trinajstić information content (AvgIpc) is 2.25. The molecule has 0 amide bonds. The monoisotopic (exact) mass is 191 g/mol. The predicted octanol–water partition coefficient (Wildman–Crippen LogP) is 1.35. The summed E-state index contributed by atoms with van der Waals surface area (Å²) in [6.45, 7) is 4.34. The number of carbonyl (C=O) groups excluding carboxylic acids is 1. The molecule has 1 heterocycles. The molecule has 1 atom stereocenters. The summed E-state index contributed by atoms with van der Waals surface area (Å²) in [4.78, 5) is 14.8. The van der Waals surface area contributed by atoms with Crippen LogP contribution in [0.3, 0.4) is 0 Å². The van der Waals surface area contributed by atoms with Crippen molar-refractivity contribution in [2.24, 2.45) is 0 Å². The third-order valence-corrected chi connectivity index (χ3v) is 1.95. The van der Waals surface area contributed by atoms with E-state index in [1.165, 1.54) is 0 Å². The first-order valence-electron chi connectivity index (χ1n) is 4.74. The lowest BCUT2D eigenvalue weighted by molar-refractivity contribution is -0.109. The largest absolute Gasteiger partial charge is 0.302 e. The maximum atomic E-state index is 10.6. The SMILES string of the molecule is [CH2]CCC(C=O)NCc1ccccn1. The topological polar surface area (TPSA) is 42.0 Å². The maximum absolute atomic E-state index is 10.6. The van der Waals surface area contributed by atoms with Crippen molar-refractivity contribution in [1.29, 1.82) is 0 Å². The molecule has 3 heteroatoms. The summed E-state index contributed by atoms with van der Waals surface area (Å²) in [6, 6.07) is 5.63. The van der Waals surface area contributed by atoms with E-state index in [2.05, 4.69) is 17.2 Å². The fourth-order valence-electron chi connectivity index (χ4n) is 1.18. The Hall–Kier alpha value is -1.22. The van der Waals surface area contributed by atoms with Gasteiger partial charge in [0.1, 0.15) is 6.29 Å². The molecule has 1 unspecified atom stereocenters. The summed E-state index contributed by atoms with van der Waals surface area (Å²) in [6.07, 6.45) is 4.21. The third-order valence-electron chi connectivity index (χ3n) is 1.95. The Morgan fingerprint density at radius 3 is 3.00 bits per heavy atom. The highest BCUT2D eigenvalue weighted by atomic mass is 16.1. The van der Waals surface area contributed by atoms with E-state index in [-0.39, 0.29) is 6.04 Å². The quantitative estimate of drug-likeness (QED) is 0.690. The van der Waals surface area contributed by atoms with Crippen LogP contribution < -0.4 is 5.32 Å². The molecule has 0 aliphatic rings. The van der Waals surface area contributed by atoms with Crippen LogP contribution in [0.4, 0.5) is 0 Å². The van der Waals surface area contributed by atoms with Crippen molar-refractivity contribution in [3.05, 3.63) is 37.0 Å². The van der Waals surface area contributed by atoms with Gasteiger partial charge in [-0.2, -0.15) is 0 Å². The van der Waals surface area contributed by atoms with Gasteiger partial charge in [0.2, 0.25) is 0 Å². The highest BCUT2D eigenvalue weighted by molar-refractivity contribution is 5.57. The first-order chi connectivity index (χ1) is 6.86. The molecule has 3 nitrogen and oxygen atoms in total. The van der Waals surface area contributed by atoms with E-state index in [0.29, 0.717) is 6.54 Å². The van der Waals surface area contributed by atoms with Crippen LogP contribution in [0.2, 0.25) is 0 Å². The predicted molar refractivity (Wildman–Crippen MR) is 55.5 cm³/mol. The Labute approximate surface area is 84.6 Å². The van der Waals surface area contributed by atoms with Crippen molar-refractivity contribution in [2.75, 3.05) is 0 Å². The number of rotatable bonds is 6. The molecule has 0 spiro atoms. The van der Waals surface area contributed by atoms with Crippen molar-refractivity contribution in [3.63, 3.8) is 0 Å². The number of hydrogen-bond donors (Lipinski definition) is 1. The van der Waals surface area contributed by atoms with Gasteiger partial charge in [0.25, 0.3) is 0 Å². The van der Waals surface area contributed by atoms with E-state index < -0.39 is 0 Å². The average molecular weight is 191 g/mol. The van der Waals surface area contributed by atoms with Crippen LogP contribution in [0.1, 0.15) is 18.5 Å². The second-order valence-corrected chi connectivity index (χ2v) is 3.09. The summed E-state index contributed by atoms with van der Waals surface area (Å²) < 4.78 is 0. The number of nitrogens with zero attached hydrogens (tertiary/aromatic N) is 1. The van der Waals surface area contributed by atoms with E-state index in [9.17, 15) is 4.79 Å². The Balaban J connectivity index is 2.35. The van der Waals surface area contributed by atoms with Gasteiger partial charge in [-0.1, -0.05) is 19.4 Å². The molecule has 1 radical (unpaired) electrons. The van der Waals surface area contributed by atoms with E-state index in [4.69, 9.17) is 0 Å². The van der Waals surface area contributed by atoms with Gasteiger partial charge in [0.15, 0.2) is 0 Å². The lowest BCUT2D eigenvalue weighted by atomic mass is 10.2. The summed E-state index contributed by atoms with van der Waals surface area (Å²) in [5.41, 5.74) is 0.948. The maximum Gasteiger partial charge on any atom is 0.136 e. The minimum Gasteiger partial charge on any atom is -0.302 e. The Morgan fingerprint density at radius 2 is 2.43 bits per heavy atom. The Kier molecular flexibility index (Phi) is 4.86. The van der Waals surface area contributed by atoms with Gasteiger partial charge in [-0.25, -0.2) is 0 Å². The van der Waals surface area contributed by atoms with E-state index >= 15 is 0 Å². The van der Waals surface area contributed by atoms with Crippen LogP contribution in [0, 0.1) is 6.92 Å². The van der Waals surface area contributed by atoms with Crippen molar-refractivity contribution < 1.29 is 4.79 Å². The molecule has 1 aromatic rings. The van der Waals surface area contributed by atoms with Crippen LogP contribution in [0.15, 0.2) is 24.4 Å². The van der Waals surface area contributed by atoms with Gasteiger partial charge in [0.05, 0.1) is 11.7 Å². The van der Waals surface area contributed by atoms with E-state index in [1.54, 1.807) is 6.20 Å². The zero-order valence-electron chi connectivity index (χ0n) is 8.15. The highest BCUT2D eigenvalue weighted by Gasteiger charge is 2.04. The summed E-state index contributed by atoms with van der Waals surface area (Å²) in [7, 11) is 0. The molecule has 0 aliphatic heterocycles. The van der Waals surface area contributed by atoms with Crippen molar-refractivity contribution >= 4 is 6.29 Å². The Morgan fingerprint density at radius 1 is 1.57 bits per heavy atom. The van der Waals surface area contributed by atoms with Gasteiger partial charge in [-0.15, -0.1) is 0 Å². The number of aldehydes is 1. The van der Waals surface area contributed by atoms with Crippen molar-refractivity contribution in [3.8, 4) is 0 Å². The van der Waals surface area contributed by atoms with Gasteiger partial charge in [0, 0.05) is 12.7 Å². The summed E-state index contributed by atoms with van der Waals surface area (Å²) in [5, 5.41) is 3.12. The number of pyridine rings is 1. The van der Waals surface area contributed by atoms with E-state index in [0.717, 1.165) is 24.8 Å². The fraction of sp³-hybridized carbons (Fsp3) is 0.364. The van der Waals surface area contributed by atoms with Crippen LogP contribution in [0.5, 0.6) is 0 Å². The molecule has 0 aromatic carbocycles. The van der Waals surface area contributed by atoms with Crippen LogP contribution in [0.25, 0.3) is 0 Å². The molecule has 0 saturated carbocycles. The fourth-order valence-corrected chi connectivity index (χ4v) is 1.18. The number of aromatic nitrogens is 1. The van der Waals surface area contributed by atoms with Gasteiger partial charge in [-0.3, -0.25) is 4.98 Å². The number of carbonyl (C=O) groups is 1. The molecule has 1 N–H and O–H groups in total. The normalized spacial score (nSPS) is 12.4.